The van der Waals surface area contributed by atoms with Crippen molar-refractivity contribution in [2.75, 3.05) is 6.61 Å². The van der Waals surface area contributed by atoms with Crippen LogP contribution >= 0.6 is 11.8 Å². The minimum absolute atomic E-state index is 0.239. The Balaban J connectivity index is 3.59. The molecule has 0 aromatic heterocycles. The summed E-state index contributed by atoms with van der Waals surface area (Å²) >= 11 is 1.03. The first kappa shape index (κ1) is 18.3. The van der Waals surface area contributed by atoms with Crippen LogP contribution in [0.5, 0.6) is 0 Å². The summed E-state index contributed by atoms with van der Waals surface area (Å²) in [5, 5.41) is 10.4. The summed E-state index contributed by atoms with van der Waals surface area (Å²) in [7, 11) is 0. The van der Waals surface area contributed by atoms with E-state index in [0.717, 1.165) is 31.0 Å². The van der Waals surface area contributed by atoms with Gasteiger partial charge in [0.15, 0.2) is 0 Å². The van der Waals surface area contributed by atoms with Gasteiger partial charge in [0.05, 0.1) is 6.61 Å². The highest BCUT2D eigenvalue weighted by atomic mass is 32.2. The molecule has 0 saturated carbocycles. The summed E-state index contributed by atoms with van der Waals surface area (Å²) in [6.07, 6.45) is 10.7. The molecule has 0 aliphatic carbocycles. The molecule has 4 heteroatoms. The number of hydrogen-bond donors (Lipinski definition) is 0. The highest BCUT2D eigenvalue weighted by molar-refractivity contribution is 8.04. The molecule has 0 fully saturated rings. The van der Waals surface area contributed by atoms with Gasteiger partial charge >= 0.3 is 5.97 Å². The van der Waals surface area contributed by atoms with Gasteiger partial charge in [0.1, 0.15) is 10.7 Å². The highest BCUT2D eigenvalue weighted by Gasteiger charge is 2.19. The predicted octanol–water partition coefficient (Wildman–Crippen LogP) is 4.66. The number of rotatable bonds is 12. The Morgan fingerprint density at radius 1 is 1.11 bits per heavy atom. The Kier molecular flexibility index (Phi) is 13.2. The highest BCUT2D eigenvalue weighted by Crippen LogP contribution is 2.19. The number of esters is 1. The first-order valence-corrected chi connectivity index (χ1v) is 8.35. The van der Waals surface area contributed by atoms with E-state index in [1.807, 2.05) is 5.40 Å². The molecule has 0 bridgehead atoms. The van der Waals surface area contributed by atoms with Crippen LogP contribution in [0.25, 0.3) is 0 Å². The quantitative estimate of drug-likeness (QED) is 0.297. The number of nitrogens with zero attached hydrogens (tertiary/aromatic N) is 1. The van der Waals surface area contributed by atoms with Crippen LogP contribution in [0.15, 0.2) is 0 Å². The summed E-state index contributed by atoms with van der Waals surface area (Å²) in [4.78, 5) is 11.6. The van der Waals surface area contributed by atoms with Crippen LogP contribution in [0.2, 0.25) is 0 Å². The van der Waals surface area contributed by atoms with E-state index < -0.39 is 0 Å². The maximum atomic E-state index is 11.6. The first-order valence-electron chi connectivity index (χ1n) is 7.47. The van der Waals surface area contributed by atoms with E-state index in [0.29, 0.717) is 6.61 Å². The van der Waals surface area contributed by atoms with Crippen molar-refractivity contribution in [1.82, 2.24) is 0 Å². The number of thioether (sulfide) groups is 1. The van der Waals surface area contributed by atoms with Crippen molar-refractivity contribution in [3.63, 3.8) is 0 Å². The Bertz CT molecular complexity index is 263. The molecule has 0 aliphatic heterocycles. The van der Waals surface area contributed by atoms with Crippen molar-refractivity contribution in [3.8, 4) is 5.40 Å². The largest absolute Gasteiger partial charge is 0.465 e. The number of nitriles is 1. The smallest absolute Gasteiger partial charge is 0.320 e. The number of thiocyanates is 1. The molecule has 0 saturated heterocycles. The molecule has 3 nitrogen and oxygen atoms in total. The van der Waals surface area contributed by atoms with E-state index in [1.165, 1.54) is 38.5 Å². The van der Waals surface area contributed by atoms with Crippen LogP contribution in [0.1, 0.15) is 71.6 Å². The lowest BCUT2D eigenvalue weighted by Gasteiger charge is -2.11. The van der Waals surface area contributed by atoms with Crippen molar-refractivity contribution in [2.24, 2.45) is 0 Å². The Hall–Kier alpha value is -0.690. The van der Waals surface area contributed by atoms with E-state index in [1.54, 1.807) is 6.92 Å². The molecule has 0 amide bonds. The van der Waals surface area contributed by atoms with Crippen LogP contribution < -0.4 is 0 Å². The molecule has 0 aromatic rings. The van der Waals surface area contributed by atoms with Gasteiger partial charge in [-0.25, -0.2) is 0 Å². The number of ether oxygens (including phenoxy) is 1. The molecule has 0 heterocycles. The summed E-state index contributed by atoms with van der Waals surface area (Å²) in [5.74, 6) is -0.239. The molecule has 0 rings (SSSR count). The fourth-order valence-corrected chi connectivity index (χ4v) is 2.56. The van der Waals surface area contributed by atoms with E-state index in [9.17, 15) is 4.79 Å². The SMILES string of the molecule is CCCCCCCCCCC(SC#N)C(=O)OCC. The molecular weight excluding hydrogens is 258 g/mol. The fourth-order valence-electron chi connectivity index (χ4n) is 1.99. The lowest BCUT2D eigenvalue weighted by atomic mass is 10.1. The second-order valence-electron chi connectivity index (χ2n) is 4.71. The third-order valence-corrected chi connectivity index (χ3v) is 3.88. The van der Waals surface area contributed by atoms with Gasteiger partial charge in [-0.15, -0.1) is 0 Å². The van der Waals surface area contributed by atoms with Gasteiger partial charge in [0.25, 0.3) is 0 Å². The van der Waals surface area contributed by atoms with Gasteiger partial charge in [-0.2, -0.15) is 5.26 Å². The molecule has 110 valence electrons. The number of carbonyl (C=O) groups is 1. The molecule has 0 radical (unpaired) electrons. The van der Waals surface area contributed by atoms with Crippen molar-refractivity contribution >= 4 is 17.7 Å². The van der Waals surface area contributed by atoms with E-state index in [-0.39, 0.29) is 11.2 Å². The monoisotopic (exact) mass is 285 g/mol. The van der Waals surface area contributed by atoms with Crippen molar-refractivity contribution in [3.05, 3.63) is 0 Å². The van der Waals surface area contributed by atoms with Crippen LogP contribution in [-0.2, 0) is 9.53 Å². The second-order valence-corrected chi connectivity index (χ2v) is 5.70. The van der Waals surface area contributed by atoms with Crippen LogP contribution in [0.4, 0.5) is 0 Å². The van der Waals surface area contributed by atoms with Gasteiger partial charge in [0.2, 0.25) is 0 Å². The number of unbranched alkanes of at least 4 members (excludes halogenated alkanes) is 7. The Labute approximate surface area is 122 Å². The van der Waals surface area contributed by atoms with Gasteiger partial charge < -0.3 is 4.74 Å². The van der Waals surface area contributed by atoms with Crippen LogP contribution in [0.3, 0.4) is 0 Å². The zero-order chi connectivity index (χ0) is 14.3. The van der Waals surface area contributed by atoms with Crippen molar-refractivity contribution in [2.45, 2.75) is 76.9 Å². The van der Waals surface area contributed by atoms with E-state index in [2.05, 4.69) is 6.92 Å². The van der Waals surface area contributed by atoms with Crippen molar-refractivity contribution in [1.29, 1.82) is 5.26 Å². The standard InChI is InChI=1S/C15H27NO2S/c1-3-5-6-7-8-9-10-11-12-14(19-13-16)15(17)18-4-2/h14H,3-12H2,1-2H3. The molecular formula is C15H27NO2S. The topological polar surface area (TPSA) is 50.1 Å². The summed E-state index contributed by atoms with van der Waals surface area (Å²) in [6, 6.07) is 0. The molecule has 0 aliphatic rings. The average molecular weight is 285 g/mol. The average Bonchev–Trinajstić information content (AvgIpc) is 2.40. The van der Waals surface area contributed by atoms with Crippen LogP contribution in [-0.4, -0.2) is 17.8 Å². The van der Waals surface area contributed by atoms with Gasteiger partial charge in [0, 0.05) is 0 Å². The lowest BCUT2D eigenvalue weighted by Crippen LogP contribution is -2.19. The summed E-state index contributed by atoms with van der Waals surface area (Å²) < 4.78 is 4.97. The summed E-state index contributed by atoms with van der Waals surface area (Å²) in [5.41, 5.74) is 0. The predicted molar refractivity (Wildman–Crippen MR) is 80.9 cm³/mol. The maximum absolute atomic E-state index is 11.6. The van der Waals surface area contributed by atoms with E-state index >= 15 is 0 Å². The normalized spacial score (nSPS) is 11.8. The van der Waals surface area contributed by atoms with Crippen molar-refractivity contribution < 1.29 is 9.53 Å². The third-order valence-electron chi connectivity index (χ3n) is 3.06. The lowest BCUT2D eigenvalue weighted by molar-refractivity contribution is -0.142. The third kappa shape index (κ3) is 10.9. The minimum Gasteiger partial charge on any atom is -0.465 e. The molecule has 0 aromatic carbocycles. The van der Waals surface area contributed by atoms with Gasteiger partial charge in [-0.1, -0.05) is 58.3 Å². The molecule has 19 heavy (non-hydrogen) atoms. The van der Waals surface area contributed by atoms with Gasteiger partial charge in [-0.05, 0) is 25.1 Å². The number of carbonyl (C=O) groups excluding carboxylic acids is 1. The molecule has 1 atom stereocenters. The maximum Gasteiger partial charge on any atom is 0.320 e. The van der Waals surface area contributed by atoms with Gasteiger partial charge in [-0.3, -0.25) is 4.79 Å². The van der Waals surface area contributed by atoms with Crippen LogP contribution in [0, 0.1) is 10.7 Å². The second kappa shape index (κ2) is 13.7. The summed E-state index contributed by atoms with van der Waals surface area (Å²) in [6.45, 7) is 4.41. The molecule has 1 unspecified atom stereocenters. The first-order chi connectivity index (χ1) is 9.26. The molecule has 0 spiro atoms. The fraction of sp³-hybridized carbons (Fsp3) is 0.867. The minimum atomic E-state index is -0.301. The zero-order valence-corrected chi connectivity index (χ0v) is 13.1. The number of hydrogen-bond acceptors (Lipinski definition) is 4. The Morgan fingerprint density at radius 2 is 1.68 bits per heavy atom. The zero-order valence-electron chi connectivity index (χ0n) is 12.3. The Morgan fingerprint density at radius 3 is 2.21 bits per heavy atom. The van der Waals surface area contributed by atoms with E-state index in [4.69, 9.17) is 10.00 Å². The molecule has 0 N–H and O–H groups in total.